The number of fused-ring (bicyclic) bond motifs is 1. The lowest BCUT2D eigenvalue weighted by Crippen LogP contribution is -2.27. The number of urea groups is 1. The molecule has 2 aliphatic rings. The SMILES string of the molecule is CC1C(=NNC(N)=O)CC2(C(C)C)CC12. The van der Waals surface area contributed by atoms with E-state index in [0.29, 0.717) is 17.3 Å². The van der Waals surface area contributed by atoms with E-state index in [0.717, 1.165) is 18.1 Å². The third-order valence-corrected chi connectivity index (χ3v) is 4.28. The number of nitrogens with zero attached hydrogens (tertiary/aromatic N) is 1. The number of nitrogens with one attached hydrogen (secondary N) is 1. The van der Waals surface area contributed by atoms with Crippen molar-refractivity contribution in [2.24, 2.45) is 34.0 Å². The van der Waals surface area contributed by atoms with Gasteiger partial charge >= 0.3 is 6.03 Å². The van der Waals surface area contributed by atoms with Gasteiger partial charge in [0.15, 0.2) is 0 Å². The molecule has 3 unspecified atom stereocenters. The van der Waals surface area contributed by atoms with Crippen molar-refractivity contribution in [3.8, 4) is 0 Å². The van der Waals surface area contributed by atoms with Crippen LogP contribution in [0.2, 0.25) is 0 Å². The van der Waals surface area contributed by atoms with Gasteiger partial charge in [0.1, 0.15) is 0 Å². The van der Waals surface area contributed by atoms with Gasteiger partial charge in [0.05, 0.1) is 0 Å². The topological polar surface area (TPSA) is 67.5 Å². The van der Waals surface area contributed by atoms with Crippen LogP contribution in [0.25, 0.3) is 0 Å². The normalized spacial score (nSPS) is 40.7. The van der Waals surface area contributed by atoms with Crippen LogP contribution < -0.4 is 11.2 Å². The highest BCUT2D eigenvalue weighted by Crippen LogP contribution is 2.68. The number of carbonyl (C=O) groups is 1. The number of amides is 2. The summed E-state index contributed by atoms with van der Waals surface area (Å²) in [5.41, 5.74) is 8.92. The molecule has 4 nitrogen and oxygen atoms in total. The van der Waals surface area contributed by atoms with E-state index >= 15 is 0 Å². The largest absolute Gasteiger partial charge is 0.350 e. The zero-order valence-corrected chi connectivity index (χ0v) is 9.58. The maximum atomic E-state index is 10.6. The van der Waals surface area contributed by atoms with Crippen molar-refractivity contribution < 1.29 is 4.79 Å². The zero-order valence-electron chi connectivity index (χ0n) is 9.58. The van der Waals surface area contributed by atoms with E-state index in [1.165, 1.54) is 6.42 Å². The first-order valence-electron chi connectivity index (χ1n) is 5.59. The number of rotatable bonds is 2. The Kier molecular flexibility index (Phi) is 2.24. The third kappa shape index (κ3) is 1.52. The van der Waals surface area contributed by atoms with Crippen LogP contribution in [0, 0.1) is 23.2 Å². The van der Waals surface area contributed by atoms with Crippen molar-refractivity contribution in [2.75, 3.05) is 0 Å². The van der Waals surface area contributed by atoms with E-state index in [1.807, 2.05) is 0 Å². The van der Waals surface area contributed by atoms with Crippen LogP contribution in [0.15, 0.2) is 5.10 Å². The van der Waals surface area contributed by atoms with Gasteiger partial charge in [-0.05, 0) is 36.0 Å². The van der Waals surface area contributed by atoms with E-state index in [-0.39, 0.29) is 0 Å². The average molecular weight is 209 g/mol. The molecule has 2 rings (SSSR count). The number of hydrogen-bond donors (Lipinski definition) is 2. The summed E-state index contributed by atoms with van der Waals surface area (Å²) in [6.45, 7) is 6.75. The van der Waals surface area contributed by atoms with Crippen LogP contribution in [-0.2, 0) is 0 Å². The number of hydrogen-bond acceptors (Lipinski definition) is 2. The van der Waals surface area contributed by atoms with Crippen molar-refractivity contribution in [3.63, 3.8) is 0 Å². The first kappa shape index (κ1) is 10.5. The smallest absolute Gasteiger partial charge is 0.332 e. The molecule has 3 atom stereocenters. The zero-order chi connectivity index (χ0) is 11.2. The van der Waals surface area contributed by atoms with Gasteiger partial charge in [-0.3, -0.25) is 0 Å². The van der Waals surface area contributed by atoms with E-state index in [1.54, 1.807) is 0 Å². The highest BCUT2D eigenvalue weighted by atomic mass is 16.2. The van der Waals surface area contributed by atoms with Crippen molar-refractivity contribution in [3.05, 3.63) is 0 Å². The van der Waals surface area contributed by atoms with Crippen LogP contribution in [0.3, 0.4) is 0 Å². The highest BCUT2D eigenvalue weighted by Gasteiger charge is 2.63. The van der Waals surface area contributed by atoms with Crippen molar-refractivity contribution in [2.45, 2.75) is 33.6 Å². The van der Waals surface area contributed by atoms with Gasteiger partial charge in [-0.25, -0.2) is 10.2 Å². The molecule has 84 valence electrons. The number of carbonyl (C=O) groups excluding carboxylic acids is 1. The predicted octanol–water partition coefficient (Wildman–Crippen LogP) is 1.71. The summed E-state index contributed by atoms with van der Waals surface area (Å²) in [6, 6.07) is -0.575. The standard InChI is InChI=1S/C11H19N3O/c1-6(2)11-4-8(11)7(3)9(5-11)13-14-10(12)15/h6-8H,4-5H2,1-3H3,(H3,12,14,15). The number of primary amides is 1. The van der Waals surface area contributed by atoms with Gasteiger partial charge in [-0.15, -0.1) is 0 Å². The first-order chi connectivity index (χ1) is 6.97. The molecule has 3 N–H and O–H groups in total. The van der Waals surface area contributed by atoms with Crippen LogP contribution in [0.1, 0.15) is 33.6 Å². The summed E-state index contributed by atoms with van der Waals surface area (Å²) in [5, 5.41) is 4.10. The lowest BCUT2D eigenvalue weighted by Gasteiger charge is -2.15. The van der Waals surface area contributed by atoms with Crippen molar-refractivity contribution >= 4 is 11.7 Å². The number of nitrogens with two attached hydrogens (primary N) is 1. The maximum absolute atomic E-state index is 10.6. The van der Waals surface area contributed by atoms with E-state index in [2.05, 4.69) is 31.3 Å². The second kappa shape index (κ2) is 3.22. The quantitative estimate of drug-likeness (QED) is 0.668. The van der Waals surface area contributed by atoms with Crippen molar-refractivity contribution in [1.82, 2.24) is 5.43 Å². The summed E-state index contributed by atoms with van der Waals surface area (Å²) in [4.78, 5) is 10.6. The van der Waals surface area contributed by atoms with Crippen LogP contribution in [-0.4, -0.2) is 11.7 Å². The van der Waals surface area contributed by atoms with Crippen molar-refractivity contribution in [1.29, 1.82) is 0 Å². The third-order valence-electron chi connectivity index (χ3n) is 4.28. The molecular formula is C11H19N3O. The molecule has 4 heteroatoms. The molecule has 2 aliphatic carbocycles. The molecule has 0 radical (unpaired) electrons. The lowest BCUT2D eigenvalue weighted by atomic mass is 9.90. The Bertz CT molecular complexity index is 324. The Balaban J connectivity index is 2.07. The Morgan fingerprint density at radius 2 is 2.33 bits per heavy atom. The minimum Gasteiger partial charge on any atom is -0.350 e. The van der Waals surface area contributed by atoms with Crippen LogP contribution in [0.5, 0.6) is 0 Å². The Labute approximate surface area is 90.3 Å². The molecule has 2 amide bonds. The second-order valence-electron chi connectivity index (χ2n) is 5.24. The first-order valence-corrected chi connectivity index (χ1v) is 5.59. The molecule has 2 saturated carbocycles. The molecular weight excluding hydrogens is 190 g/mol. The summed E-state index contributed by atoms with van der Waals surface area (Å²) < 4.78 is 0. The molecule has 0 aromatic carbocycles. The lowest BCUT2D eigenvalue weighted by molar-refractivity contribution is 0.249. The number of hydrazone groups is 1. The monoisotopic (exact) mass is 209 g/mol. The van der Waals surface area contributed by atoms with Crippen LogP contribution in [0.4, 0.5) is 4.79 Å². The molecule has 0 aliphatic heterocycles. The van der Waals surface area contributed by atoms with E-state index in [9.17, 15) is 4.79 Å². The molecule has 0 bridgehead atoms. The van der Waals surface area contributed by atoms with Crippen LogP contribution >= 0.6 is 0 Å². The summed E-state index contributed by atoms with van der Waals surface area (Å²) in [7, 11) is 0. The van der Waals surface area contributed by atoms with E-state index in [4.69, 9.17) is 5.73 Å². The molecule has 15 heavy (non-hydrogen) atoms. The summed E-state index contributed by atoms with van der Waals surface area (Å²) >= 11 is 0. The minimum absolute atomic E-state index is 0.470. The summed E-state index contributed by atoms with van der Waals surface area (Å²) in [5.74, 6) is 1.97. The van der Waals surface area contributed by atoms with Gasteiger partial charge in [-0.1, -0.05) is 20.8 Å². The van der Waals surface area contributed by atoms with Gasteiger partial charge in [0, 0.05) is 5.71 Å². The van der Waals surface area contributed by atoms with Gasteiger partial charge in [-0.2, -0.15) is 5.10 Å². The fraction of sp³-hybridized carbons (Fsp3) is 0.818. The second-order valence-corrected chi connectivity index (χ2v) is 5.24. The molecule has 2 fully saturated rings. The fourth-order valence-corrected chi connectivity index (χ4v) is 3.10. The van der Waals surface area contributed by atoms with Gasteiger partial charge in [0.25, 0.3) is 0 Å². The Morgan fingerprint density at radius 3 is 2.80 bits per heavy atom. The highest BCUT2D eigenvalue weighted by molar-refractivity contribution is 5.92. The minimum atomic E-state index is -0.575. The van der Waals surface area contributed by atoms with Gasteiger partial charge in [0.2, 0.25) is 0 Å². The fourth-order valence-electron chi connectivity index (χ4n) is 3.10. The molecule has 0 spiro atoms. The molecule has 0 aromatic heterocycles. The molecule has 0 saturated heterocycles. The van der Waals surface area contributed by atoms with Gasteiger partial charge < -0.3 is 5.73 Å². The maximum Gasteiger partial charge on any atom is 0.332 e. The Hall–Kier alpha value is -1.06. The molecule has 0 aromatic rings. The Morgan fingerprint density at radius 1 is 1.67 bits per heavy atom. The average Bonchev–Trinajstić information content (AvgIpc) is 2.81. The molecule has 0 heterocycles. The predicted molar refractivity (Wildman–Crippen MR) is 59.3 cm³/mol. The summed E-state index contributed by atoms with van der Waals surface area (Å²) in [6.07, 6.45) is 2.35. The van der Waals surface area contributed by atoms with E-state index < -0.39 is 6.03 Å².